The highest BCUT2D eigenvalue weighted by Gasteiger charge is 2.46. The Morgan fingerprint density at radius 2 is 2.24 bits per heavy atom. The summed E-state index contributed by atoms with van der Waals surface area (Å²) in [4.78, 5) is 12.1. The van der Waals surface area contributed by atoms with Gasteiger partial charge in [0.15, 0.2) is 5.60 Å². The van der Waals surface area contributed by atoms with Crippen LogP contribution in [0.4, 0.5) is 5.69 Å². The molecule has 0 aliphatic carbocycles. The molecule has 3 heteroatoms. The number of ether oxygens (including phenoxy) is 1. The summed E-state index contributed by atoms with van der Waals surface area (Å²) in [7, 11) is 1.59. The van der Waals surface area contributed by atoms with Gasteiger partial charge >= 0.3 is 0 Å². The van der Waals surface area contributed by atoms with Gasteiger partial charge in [0, 0.05) is 18.4 Å². The normalized spacial score (nSPS) is 22.1. The average Bonchev–Trinajstić information content (AvgIpc) is 2.63. The van der Waals surface area contributed by atoms with Crippen molar-refractivity contribution >= 4 is 11.6 Å². The van der Waals surface area contributed by atoms with Crippen molar-refractivity contribution < 1.29 is 9.53 Å². The molecule has 0 radical (unpaired) electrons. The highest BCUT2D eigenvalue weighted by molar-refractivity contribution is 6.05. The predicted molar refractivity (Wildman–Crippen MR) is 67.8 cm³/mol. The van der Waals surface area contributed by atoms with E-state index < -0.39 is 5.60 Å². The molecule has 0 fully saturated rings. The van der Waals surface area contributed by atoms with Gasteiger partial charge in [-0.3, -0.25) is 4.79 Å². The Morgan fingerprint density at radius 1 is 1.47 bits per heavy atom. The fraction of sp³-hybridized carbons (Fsp3) is 0.357. The number of hydrogen-bond acceptors (Lipinski definition) is 2. The van der Waals surface area contributed by atoms with Gasteiger partial charge < -0.3 is 10.1 Å². The quantitative estimate of drug-likeness (QED) is 0.625. The highest BCUT2D eigenvalue weighted by atomic mass is 16.5. The van der Waals surface area contributed by atoms with Crippen molar-refractivity contribution in [1.82, 2.24) is 0 Å². The van der Waals surface area contributed by atoms with Crippen molar-refractivity contribution in [3.63, 3.8) is 0 Å². The van der Waals surface area contributed by atoms with Gasteiger partial charge in [-0.05, 0) is 25.3 Å². The molecule has 90 valence electrons. The van der Waals surface area contributed by atoms with Crippen LogP contribution in [-0.2, 0) is 15.1 Å². The Kier molecular flexibility index (Phi) is 3.29. The Morgan fingerprint density at radius 3 is 2.94 bits per heavy atom. The summed E-state index contributed by atoms with van der Waals surface area (Å²) in [5, 5.41) is 2.88. The maximum atomic E-state index is 12.1. The lowest BCUT2D eigenvalue weighted by Crippen LogP contribution is -2.36. The smallest absolute Gasteiger partial charge is 0.261 e. The van der Waals surface area contributed by atoms with Gasteiger partial charge in [-0.25, -0.2) is 0 Å². The first-order chi connectivity index (χ1) is 8.24. The Hall–Kier alpha value is -1.61. The number of benzene rings is 1. The molecule has 1 N–H and O–H groups in total. The van der Waals surface area contributed by atoms with Crippen LogP contribution in [0.15, 0.2) is 36.9 Å². The van der Waals surface area contributed by atoms with Crippen molar-refractivity contribution in [3.8, 4) is 0 Å². The monoisotopic (exact) mass is 231 g/mol. The van der Waals surface area contributed by atoms with E-state index in [-0.39, 0.29) is 5.91 Å². The van der Waals surface area contributed by atoms with Crippen molar-refractivity contribution in [1.29, 1.82) is 0 Å². The third-order valence-electron chi connectivity index (χ3n) is 3.26. The van der Waals surface area contributed by atoms with E-state index in [0.717, 1.165) is 24.1 Å². The third kappa shape index (κ3) is 1.87. The third-order valence-corrected chi connectivity index (χ3v) is 3.26. The van der Waals surface area contributed by atoms with E-state index in [1.54, 1.807) is 7.11 Å². The first-order valence-electron chi connectivity index (χ1n) is 5.81. The van der Waals surface area contributed by atoms with Crippen LogP contribution in [0.3, 0.4) is 0 Å². The molecule has 1 atom stereocenters. The molecule has 2 rings (SSSR count). The van der Waals surface area contributed by atoms with Crippen LogP contribution in [0.5, 0.6) is 0 Å². The van der Waals surface area contributed by atoms with Crippen LogP contribution in [0.2, 0.25) is 0 Å². The Balaban J connectivity index is 2.32. The van der Waals surface area contributed by atoms with Crippen molar-refractivity contribution in [3.05, 3.63) is 42.5 Å². The number of carbonyl (C=O) groups excluding carboxylic acids is 1. The zero-order valence-electron chi connectivity index (χ0n) is 10.0. The number of unbranched alkanes of at least 4 members (excludes halogenated alkanes) is 1. The zero-order valence-corrected chi connectivity index (χ0v) is 10.0. The molecule has 1 amide bonds. The van der Waals surface area contributed by atoms with Gasteiger partial charge in [0.2, 0.25) is 0 Å². The Bertz CT molecular complexity index is 442. The van der Waals surface area contributed by atoms with Gasteiger partial charge in [-0.1, -0.05) is 24.3 Å². The number of amides is 1. The second-order valence-corrected chi connectivity index (χ2v) is 4.21. The van der Waals surface area contributed by atoms with E-state index in [1.807, 2.05) is 30.3 Å². The van der Waals surface area contributed by atoms with E-state index >= 15 is 0 Å². The number of anilines is 1. The molecule has 1 aromatic carbocycles. The van der Waals surface area contributed by atoms with E-state index in [0.29, 0.717) is 6.42 Å². The second kappa shape index (κ2) is 4.72. The number of carbonyl (C=O) groups is 1. The summed E-state index contributed by atoms with van der Waals surface area (Å²) < 4.78 is 5.54. The van der Waals surface area contributed by atoms with E-state index in [4.69, 9.17) is 4.74 Å². The van der Waals surface area contributed by atoms with E-state index in [2.05, 4.69) is 11.9 Å². The lowest BCUT2D eigenvalue weighted by molar-refractivity contribution is -0.138. The van der Waals surface area contributed by atoms with Crippen molar-refractivity contribution in [2.45, 2.75) is 24.9 Å². The highest BCUT2D eigenvalue weighted by Crippen LogP contribution is 2.41. The standard InChI is InChI=1S/C14H17NO2/c1-3-4-7-10-14(17-2)11-8-5-6-9-12(11)15-13(14)16/h3,5-6,8-9H,1,4,7,10H2,2H3,(H,15,16). The maximum absolute atomic E-state index is 12.1. The minimum absolute atomic E-state index is 0.0646. The van der Waals surface area contributed by atoms with Gasteiger partial charge in [0.1, 0.15) is 0 Å². The molecule has 1 aromatic rings. The zero-order chi connectivity index (χ0) is 12.3. The summed E-state index contributed by atoms with van der Waals surface area (Å²) in [6.07, 6.45) is 4.32. The van der Waals surface area contributed by atoms with Gasteiger partial charge in [0.05, 0.1) is 0 Å². The molecule has 0 saturated heterocycles. The minimum Gasteiger partial charge on any atom is -0.364 e. The van der Waals surface area contributed by atoms with Crippen LogP contribution >= 0.6 is 0 Å². The molecule has 1 aliphatic heterocycles. The number of para-hydroxylation sites is 1. The summed E-state index contributed by atoms with van der Waals surface area (Å²) in [5.41, 5.74) is 0.981. The molecule has 0 saturated carbocycles. The number of fused-ring (bicyclic) bond motifs is 1. The maximum Gasteiger partial charge on any atom is 0.261 e. The van der Waals surface area contributed by atoms with Gasteiger partial charge in [0.25, 0.3) is 5.91 Å². The molecule has 0 spiro atoms. The molecular formula is C14H17NO2. The predicted octanol–water partition coefficient (Wildman–Crippen LogP) is 2.84. The Labute approximate surface area is 101 Å². The first-order valence-corrected chi connectivity index (χ1v) is 5.81. The van der Waals surface area contributed by atoms with E-state index in [9.17, 15) is 4.79 Å². The number of allylic oxidation sites excluding steroid dienone is 1. The number of nitrogens with one attached hydrogen (secondary N) is 1. The van der Waals surface area contributed by atoms with Crippen LogP contribution in [-0.4, -0.2) is 13.0 Å². The fourth-order valence-corrected chi connectivity index (χ4v) is 2.34. The minimum atomic E-state index is -0.820. The van der Waals surface area contributed by atoms with Crippen LogP contribution in [0, 0.1) is 0 Å². The molecule has 1 unspecified atom stereocenters. The molecule has 1 aliphatic rings. The topological polar surface area (TPSA) is 38.3 Å². The summed E-state index contributed by atoms with van der Waals surface area (Å²) in [6.45, 7) is 3.70. The summed E-state index contributed by atoms with van der Waals surface area (Å²) in [6, 6.07) is 7.70. The molecule has 1 heterocycles. The molecule has 3 nitrogen and oxygen atoms in total. The average molecular weight is 231 g/mol. The molecule has 17 heavy (non-hydrogen) atoms. The van der Waals surface area contributed by atoms with Crippen LogP contribution < -0.4 is 5.32 Å². The lowest BCUT2D eigenvalue weighted by Gasteiger charge is -2.25. The SMILES string of the molecule is C=CCCCC1(OC)C(=O)Nc2ccccc21. The largest absolute Gasteiger partial charge is 0.364 e. The molecular weight excluding hydrogens is 214 g/mol. The lowest BCUT2D eigenvalue weighted by atomic mass is 9.89. The van der Waals surface area contributed by atoms with Crippen LogP contribution in [0.1, 0.15) is 24.8 Å². The molecule has 0 bridgehead atoms. The van der Waals surface area contributed by atoms with Crippen molar-refractivity contribution in [2.24, 2.45) is 0 Å². The van der Waals surface area contributed by atoms with Gasteiger partial charge in [-0.2, -0.15) is 0 Å². The van der Waals surface area contributed by atoms with E-state index in [1.165, 1.54) is 0 Å². The second-order valence-electron chi connectivity index (χ2n) is 4.21. The summed E-state index contributed by atoms with van der Waals surface area (Å²) in [5.74, 6) is -0.0646. The summed E-state index contributed by atoms with van der Waals surface area (Å²) >= 11 is 0. The number of hydrogen-bond donors (Lipinski definition) is 1. The number of methoxy groups -OCH3 is 1. The van der Waals surface area contributed by atoms with Gasteiger partial charge in [-0.15, -0.1) is 6.58 Å². The van der Waals surface area contributed by atoms with Crippen LogP contribution in [0.25, 0.3) is 0 Å². The first kappa shape index (κ1) is 11.9. The molecule has 0 aromatic heterocycles. The van der Waals surface area contributed by atoms with Crippen molar-refractivity contribution in [2.75, 3.05) is 12.4 Å². The fourth-order valence-electron chi connectivity index (χ4n) is 2.34. The number of rotatable bonds is 5.